The number of aliphatic carboxylic acids is 1. The number of likely N-dealkylation sites (tertiary alicyclic amines) is 1. The van der Waals surface area contributed by atoms with Gasteiger partial charge in [0.25, 0.3) is 5.91 Å². The van der Waals surface area contributed by atoms with Gasteiger partial charge in [-0.05, 0) is 29.2 Å². The van der Waals surface area contributed by atoms with Crippen molar-refractivity contribution in [1.82, 2.24) is 15.2 Å². The van der Waals surface area contributed by atoms with E-state index in [2.05, 4.69) is 34.6 Å². The molecule has 8 nitrogen and oxygen atoms in total. The summed E-state index contributed by atoms with van der Waals surface area (Å²) in [5.74, 6) is -1.24. The topological polar surface area (TPSA) is 109 Å². The third-order valence-corrected chi connectivity index (χ3v) is 7.23. The maximum atomic E-state index is 12.5. The number of carbonyl (C=O) groups is 3. The molecule has 1 fully saturated rings. The Labute approximate surface area is 200 Å². The van der Waals surface area contributed by atoms with E-state index < -0.39 is 17.5 Å². The molecule has 2 amide bonds. The smallest absolute Gasteiger partial charge is 0.407 e. The fraction of sp³-hybridized carbons (Fsp3) is 0.280. The number of alkyl carbamates (subject to hydrolysis) is 1. The van der Waals surface area contributed by atoms with Crippen LogP contribution < -0.4 is 5.32 Å². The normalized spacial score (nSPS) is 15.7. The fourth-order valence-corrected chi connectivity index (χ4v) is 5.23. The first-order valence-corrected chi connectivity index (χ1v) is 11.8. The van der Waals surface area contributed by atoms with Crippen LogP contribution in [0.1, 0.15) is 39.5 Å². The van der Waals surface area contributed by atoms with Gasteiger partial charge in [0.2, 0.25) is 0 Å². The minimum absolute atomic E-state index is 0.0183. The van der Waals surface area contributed by atoms with E-state index in [1.807, 2.05) is 24.3 Å². The number of nitrogens with one attached hydrogen (secondary N) is 1. The van der Waals surface area contributed by atoms with E-state index >= 15 is 0 Å². The minimum atomic E-state index is -0.914. The van der Waals surface area contributed by atoms with Gasteiger partial charge in [-0.1, -0.05) is 48.5 Å². The second kappa shape index (κ2) is 8.57. The largest absolute Gasteiger partial charge is 0.481 e. The predicted octanol–water partition coefficient (Wildman–Crippen LogP) is 3.73. The summed E-state index contributed by atoms with van der Waals surface area (Å²) in [6, 6.07) is 16.3. The number of carboxylic acids is 1. The molecule has 1 saturated heterocycles. The first-order chi connectivity index (χ1) is 16.4. The first-order valence-electron chi connectivity index (χ1n) is 10.9. The molecule has 1 aliphatic carbocycles. The summed E-state index contributed by atoms with van der Waals surface area (Å²) in [7, 11) is 0. The van der Waals surface area contributed by atoms with Gasteiger partial charge in [-0.15, -0.1) is 11.3 Å². The lowest BCUT2D eigenvalue weighted by Crippen LogP contribution is -2.60. The minimum Gasteiger partial charge on any atom is -0.481 e. The van der Waals surface area contributed by atoms with Crippen LogP contribution in [0.25, 0.3) is 11.1 Å². The number of ether oxygens (including phenoxy) is 1. The van der Waals surface area contributed by atoms with E-state index in [1.165, 1.54) is 16.2 Å². The Morgan fingerprint density at radius 2 is 1.74 bits per heavy atom. The SMILES string of the molecule is CC1(C(=O)O)CN(C(=O)c2csc(CNC(=O)OCC3c4ccccc4-c4ccccc43)n2)C1. The summed E-state index contributed by atoms with van der Waals surface area (Å²) >= 11 is 1.26. The van der Waals surface area contributed by atoms with Gasteiger partial charge in [0.15, 0.2) is 0 Å². The molecule has 0 radical (unpaired) electrons. The lowest BCUT2D eigenvalue weighted by atomic mass is 9.82. The molecule has 0 bridgehead atoms. The fourth-order valence-electron chi connectivity index (χ4n) is 4.52. The van der Waals surface area contributed by atoms with Crippen LogP contribution in [0.3, 0.4) is 0 Å². The molecule has 0 saturated carbocycles. The number of carboxylic acid groups (broad SMARTS) is 1. The second-order valence-electron chi connectivity index (χ2n) is 8.83. The number of hydrogen-bond donors (Lipinski definition) is 2. The Morgan fingerprint density at radius 3 is 2.35 bits per heavy atom. The molecule has 0 atom stereocenters. The number of benzene rings is 2. The Balaban J connectivity index is 1.14. The summed E-state index contributed by atoms with van der Waals surface area (Å²) in [6.45, 7) is 2.29. The lowest BCUT2D eigenvalue weighted by molar-refractivity contribution is -0.155. The Kier molecular flexibility index (Phi) is 5.57. The monoisotopic (exact) mass is 477 g/mol. The van der Waals surface area contributed by atoms with Crippen molar-refractivity contribution in [1.29, 1.82) is 0 Å². The molecular weight excluding hydrogens is 454 g/mol. The van der Waals surface area contributed by atoms with Crippen LogP contribution in [0, 0.1) is 5.41 Å². The molecule has 1 aliphatic heterocycles. The van der Waals surface area contributed by atoms with Crippen LogP contribution in [0.4, 0.5) is 4.79 Å². The number of amides is 2. The van der Waals surface area contributed by atoms with Crippen LogP contribution >= 0.6 is 11.3 Å². The highest BCUT2D eigenvalue weighted by molar-refractivity contribution is 7.09. The van der Waals surface area contributed by atoms with Crippen molar-refractivity contribution in [2.75, 3.05) is 19.7 Å². The Morgan fingerprint density at radius 1 is 1.12 bits per heavy atom. The maximum absolute atomic E-state index is 12.5. The van der Waals surface area contributed by atoms with E-state index in [4.69, 9.17) is 4.74 Å². The Bertz CT molecular complexity index is 1240. The number of hydrogen-bond acceptors (Lipinski definition) is 6. The molecule has 2 aliphatic rings. The highest BCUT2D eigenvalue weighted by Crippen LogP contribution is 2.44. The molecule has 2 aromatic carbocycles. The third kappa shape index (κ3) is 3.92. The van der Waals surface area contributed by atoms with Gasteiger partial charge < -0.3 is 20.1 Å². The summed E-state index contributed by atoms with van der Waals surface area (Å²) in [4.78, 5) is 41.8. The molecule has 34 heavy (non-hydrogen) atoms. The lowest BCUT2D eigenvalue weighted by Gasteiger charge is -2.44. The number of fused-ring (bicyclic) bond motifs is 3. The van der Waals surface area contributed by atoms with E-state index in [1.54, 1.807) is 12.3 Å². The molecule has 9 heteroatoms. The van der Waals surface area contributed by atoms with Gasteiger partial charge in [-0.2, -0.15) is 0 Å². The van der Waals surface area contributed by atoms with Crippen molar-refractivity contribution in [2.45, 2.75) is 19.4 Å². The average molecular weight is 478 g/mol. The van der Waals surface area contributed by atoms with Crippen molar-refractivity contribution in [3.05, 3.63) is 75.7 Å². The molecular formula is C25H23N3O5S. The molecule has 0 spiro atoms. The average Bonchev–Trinajstić information content (AvgIpc) is 3.42. The molecule has 174 valence electrons. The number of carbonyl (C=O) groups excluding carboxylic acids is 2. The zero-order valence-corrected chi connectivity index (χ0v) is 19.3. The highest BCUT2D eigenvalue weighted by atomic mass is 32.1. The molecule has 2 N–H and O–H groups in total. The first kappa shape index (κ1) is 22.1. The van der Waals surface area contributed by atoms with Gasteiger partial charge in [-0.25, -0.2) is 9.78 Å². The van der Waals surface area contributed by atoms with E-state index in [9.17, 15) is 19.5 Å². The zero-order valence-electron chi connectivity index (χ0n) is 18.5. The molecule has 3 aromatic rings. The van der Waals surface area contributed by atoms with Crippen LogP contribution in [0.5, 0.6) is 0 Å². The molecule has 2 heterocycles. The van der Waals surface area contributed by atoms with E-state index in [-0.39, 0.29) is 43.8 Å². The number of nitrogens with zero attached hydrogens (tertiary/aromatic N) is 2. The molecule has 5 rings (SSSR count). The standard InChI is InChI=1S/C25H23N3O5S/c1-25(23(30)31)13-28(14-25)22(29)20-12-34-21(27-20)10-26-24(32)33-11-19-17-8-4-2-6-15(17)16-7-3-5-9-18(16)19/h2-9,12,19H,10-11,13-14H2,1H3,(H,26,32)(H,30,31). The van der Waals surface area contributed by atoms with E-state index in [0.717, 1.165) is 22.3 Å². The maximum Gasteiger partial charge on any atom is 0.407 e. The van der Waals surface area contributed by atoms with E-state index in [0.29, 0.717) is 5.01 Å². The van der Waals surface area contributed by atoms with Crippen LogP contribution in [0.2, 0.25) is 0 Å². The summed E-state index contributed by atoms with van der Waals surface area (Å²) in [5.41, 5.74) is 3.96. The van der Waals surface area contributed by atoms with Crippen LogP contribution in [-0.2, 0) is 16.1 Å². The second-order valence-corrected chi connectivity index (χ2v) is 9.78. The summed E-state index contributed by atoms with van der Waals surface area (Å²) in [6.07, 6.45) is -0.551. The van der Waals surface area contributed by atoms with Gasteiger partial charge in [0.1, 0.15) is 22.7 Å². The number of thiazole rings is 1. The molecule has 1 aromatic heterocycles. The van der Waals surface area contributed by atoms with Crippen LogP contribution in [-0.4, -0.2) is 52.7 Å². The van der Waals surface area contributed by atoms with Gasteiger partial charge in [0, 0.05) is 24.4 Å². The van der Waals surface area contributed by atoms with Crippen molar-refractivity contribution in [3.8, 4) is 11.1 Å². The van der Waals surface area contributed by atoms with Crippen molar-refractivity contribution in [3.63, 3.8) is 0 Å². The van der Waals surface area contributed by atoms with Crippen molar-refractivity contribution >= 4 is 29.3 Å². The molecule has 0 unspecified atom stereocenters. The quantitative estimate of drug-likeness (QED) is 0.560. The Hall–Kier alpha value is -3.72. The number of aromatic nitrogens is 1. The third-order valence-electron chi connectivity index (χ3n) is 6.38. The van der Waals surface area contributed by atoms with Gasteiger partial charge in [-0.3, -0.25) is 9.59 Å². The van der Waals surface area contributed by atoms with Gasteiger partial charge >= 0.3 is 12.1 Å². The van der Waals surface area contributed by atoms with Crippen molar-refractivity contribution < 1.29 is 24.2 Å². The zero-order chi connectivity index (χ0) is 23.9. The summed E-state index contributed by atoms with van der Waals surface area (Å²) in [5, 5.41) is 14.1. The number of rotatable bonds is 6. The predicted molar refractivity (Wildman–Crippen MR) is 126 cm³/mol. The highest BCUT2D eigenvalue weighted by Gasteiger charge is 2.47. The van der Waals surface area contributed by atoms with Crippen molar-refractivity contribution in [2.24, 2.45) is 5.41 Å². The summed E-state index contributed by atoms with van der Waals surface area (Å²) < 4.78 is 5.52. The van der Waals surface area contributed by atoms with Crippen LogP contribution in [0.15, 0.2) is 53.9 Å². The van der Waals surface area contributed by atoms with Gasteiger partial charge in [0.05, 0.1) is 6.54 Å².